The standard InChI is InChI=1S/C25H34FN7O4/c1-4-30(10-5-9-27)20(13-29-15(2)34)16-8-11-31(14-16)22-19(26)12-18-21(23(22)37-3)32(17-6-7-17)25(36)33(28)24(18)35/h12,16-17,20H,4-8,10-11,13-14,28H2,1-3H3,(H,29,34). The number of nitrogen functional groups attached to an aromatic ring is 1. The molecule has 2 fully saturated rings. The molecule has 0 spiro atoms. The van der Waals surface area contributed by atoms with Gasteiger partial charge in [0.25, 0.3) is 5.56 Å². The zero-order valence-electron chi connectivity index (χ0n) is 21.5. The first kappa shape index (κ1) is 26.5. The molecule has 2 aliphatic rings. The van der Waals surface area contributed by atoms with Gasteiger partial charge in [-0.15, -0.1) is 0 Å². The fourth-order valence-corrected chi connectivity index (χ4v) is 5.50. The number of nitriles is 1. The third-order valence-corrected chi connectivity index (χ3v) is 7.43. The van der Waals surface area contributed by atoms with E-state index < -0.39 is 17.1 Å². The number of amides is 1. The van der Waals surface area contributed by atoms with E-state index in [9.17, 15) is 14.4 Å². The topological polar surface area (TPSA) is 139 Å². The van der Waals surface area contributed by atoms with Crippen molar-refractivity contribution in [3.63, 3.8) is 0 Å². The molecule has 3 N–H and O–H groups in total. The Morgan fingerprint density at radius 3 is 2.70 bits per heavy atom. The van der Waals surface area contributed by atoms with Crippen LogP contribution in [0.25, 0.3) is 10.9 Å². The maximum atomic E-state index is 15.7. The van der Waals surface area contributed by atoms with E-state index in [-0.39, 0.29) is 46.2 Å². The molecule has 1 amide bonds. The number of hydrogen-bond donors (Lipinski definition) is 2. The molecule has 37 heavy (non-hydrogen) atoms. The van der Waals surface area contributed by atoms with Gasteiger partial charge in [0, 0.05) is 51.6 Å². The van der Waals surface area contributed by atoms with Gasteiger partial charge in [0.1, 0.15) is 11.2 Å². The number of carbonyl (C=O) groups is 1. The largest absolute Gasteiger partial charge is 0.492 e. The van der Waals surface area contributed by atoms with Gasteiger partial charge in [0.05, 0.1) is 18.6 Å². The maximum absolute atomic E-state index is 15.7. The molecule has 1 saturated heterocycles. The average molecular weight is 516 g/mol. The number of fused-ring (bicyclic) bond motifs is 1. The third-order valence-electron chi connectivity index (χ3n) is 7.43. The molecule has 0 radical (unpaired) electrons. The molecule has 12 heteroatoms. The molecule has 2 aromatic rings. The summed E-state index contributed by atoms with van der Waals surface area (Å²) in [6.07, 6.45) is 2.61. The lowest BCUT2D eigenvalue weighted by molar-refractivity contribution is -0.119. The lowest BCUT2D eigenvalue weighted by Gasteiger charge is -2.35. The van der Waals surface area contributed by atoms with Crippen LogP contribution in [0.1, 0.15) is 45.6 Å². The van der Waals surface area contributed by atoms with E-state index in [2.05, 4.69) is 16.3 Å². The van der Waals surface area contributed by atoms with E-state index in [1.807, 2.05) is 11.8 Å². The number of likely N-dealkylation sites (N-methyl/N-ethyl adjacent to an activating group) is 1. The molecule has 4 rings (SSSR count). The second-order valence-electron chi connectivity index (χ2n) is 9.73. The molecule has 1 aliphatic heterocycles. The summed E-state index contributed by atoms with van der Waals surface area (Å²) in [6, 6.07) is 3.16. The molecule has 1 aliphatic carbocycles. The molecule has 1 aromatic carbocycles. The van der Waals surface area contributed by atoms with Crippen LogP contribution in [0.15, 0.2) is 15.7 Å². The average Bonchev–Trinajstić information content (AvgIpc) is 3.60. The van der Waals surface area contributed by atoms with E-state index in [4.69, 9.17) is 15.8 Å². The Labute approximate surface area is 214 Å². The number of nitrogens with two attached hydrogens (primary N) is 1. The zero-order chi connectivity index (χ0) is 26.9. The Kier molecular flexibility index (Phi) is 7.73. The fraction of sp³-hybridized carbons (Fsp3) is 0.600. The molecule has 2 unspecified atom stereocenters. The second-order valence-corrected chi connectivity index (χ2v) is 9.73. The minimum atomic E-state index is -0.772. The molecular formula is C25H34FN7O4. The van der Waals surface area contributed by atoms with Gasteiger partial charge in [-0.05, 0) is 37.8 Å². The Hall–Kier alpha value is -3.59. The Morgan fingerprint density at radius 1 is 1.38 bits per heavy atom. The van der Waals surface area contributed by atoms with Gasteiger partial charge < -0.3 is 20.8 Å². The van der Waals surface area contributed by atoms with Crippen molar-refractivity contribution >= 4 is 22.5 Å². The lowest BCUT2D eigenvalue weighted by atomic mass is 9.96. The van der Waals surface area contributed by atoms with Gasteiger partial charge in [0.15, 0.2) is 11.6 Å². The molecule has 0 bridgehead atoms. The van der Waals surface area contributed by atoms with Crippen LogP contribution in [0.5, 0.6) is 5.75 Å². The number of aromatic nitrogens is 2. The number of nitrogens with zero attached hydrogens (tertiary/aromatic N) is 5. The molecule has 2 atom stereocenters. The SMILES string of the molecule is CCN(CCC#N)C(CNC(C)=O)C1CCN(c2c(F)cc3c(=O)n(N)c(=O)n(C4CC4)c3c2OC)C1. The number of anilines is 1. The Morgan fingerprint density at radius 2 is 2.11 bits per heavy atom. The van der Waals surface area contributed by atoms with E-state index in [0.717, 1.165) is 25.3 Å². The summed E-state index contributed by atoms with van der Waals surface area (Å²) >= 11 is 0. The highest BCUT2D eigenvalue weighted by Gasteiger charge is 2.37. The van der Waals surface area contributed by atoms with Crippen molar-refractivity contribution in [2.24, 2.45) is 5.92 Å². The minimum Gasteiger partial charge on any atom is -0.492 e. The van der Waals surface area contributed by atoms with Crippen molar-refractivity contribution < 1.29 is 13.9 Å². The van der Waals surface area contributed by atoms with Crippen LogP contribution in [0.4, 0.5) is 10.1 Å². The number of benzene rings is 1. The van der Waals surface area contributed by atoms with Crippen LogP contribution in [0.2, 0.25) is 0 Å². The van der Waals surface area contributed by atoms with Gasteiger partial charge in [-0.1, -0.05) is 6.92 Å². The van der Waals surface area contributed by atoms with Crippen LogP contribution < -0.4 is 32.0 Å². The summed E-state index contributed by atoms with van der Waals surface area (Å²) in [5, 5.41) is 12.0. The summed E-state index contributed by atoms with van der Waals surface area (Å²) in [6.45, 7) is 6.17. The minimum absolute atomic E-state index is 0.0000401. The third kappa shape index (κ3) is 5.00. The Balaban J connectivity index is 1.75. The lowest BCUT2D eigenvalue weighted by Crippen LogP contribution is -2.49. The highest BCUT2D eigenvalue weighted by atomic mass is 19.1. The first-order chi connectivity index (χ1) is 17.7. The zero-order valence-corrected chi connectivity index (χ0v) is 21.5. The number of ether oxygens (including phenoxy) is 1. The van der Waals surface area contributed by atoms with Gasteiger partial charge in [-0.2, -0.15) is 9.94 Å². The van der Waals surface area contributed by atoms with Crippen molar-refractivity contribution in [2.45, 2.75) is 51.6 Å². The molecule has 1 aromatic heterocycles. The number of methoxy groups -OCH3 is 1. The number of nitrogens with one attached hydrogen (secondary N) is 1. The summed E-state index contributed by atoms with van der Waals surface area (Å²) in [4.78, 5) is 41.4. The summed E-state index contributed by atoms with van der Waals surface area (Å²) in [5.41, 5.74) is -0.951. The quantitative estimate of drug-likeness (QED) is 0.446. The first-order valence-electron chi connectivity index (χ1n) is 12.7. The monoisotopic (exact) mass is 515 g/mol. The van der Waals surface area contributed by atoms with Crippen molar-refractivity contribution in [3.05, 3.63) is 32.7 Å². The van der Waals surface area contributed by atoms with Crippen LogP contribution in [-0.2, 0) is 4.79 Å². The van der Waals surface area contributed by atoms with E-state index in [1.54, 1.807) is 0 Å². The van der Waals surface area contributed by atoms with Crippen molar-refractivity contribution in [1.29, 1.82) is 5.26 Å². The summed E-state index contributed by atoms with van der Waals surface area (Å²) < 4.78 is 23.3. The summed E-state index contributed by atoms with van der Waals surface area (Å²) in [7, 11) is 1.40. The fourth-order valence-electron chi connectivity index (χ4n) is 5.50. The van der Waals surface area contributed by atoms with Crippen LogP contribution in [0, 0.1) is 23.1 Å². The number of carbonyl (C=O) groups excluding carboxylic acids is 1. The molecular weight excluding hydrogens is 481 g/mol. The predicted molar refractivity (Wildman–Crippen MR) is 138 cm³/mol. The molecule has 11 nitrogen and oxygen atoms in total. The van der Waals surface area contributed by atoms with E-state index >= 15 is 4.39 Å². The molecule has 1 saturated carbocycles. The highest BCUT2D eigenvalue weighted by molar-refractivity contribution is 5.91. The molecule has 200 valence electrons. The first-order valence-corrected chi connectivity index (χ1v) is 12.7. The predicted octanol–water partition coefficient (Wildman–Crippen LogP) is 0.926. The van der Waals surface area contributed by atoms with Crippen LogP contribution >= 0.6 is 0 Å². The van der Waals surface area contributed by atoms with Crippen molar-refractivity contribution in [3.8, 4) is 11.8 Å². The van der Waals surface area contributed by atoms with Crippen LogP contribution in [-0.4, -0.2) is 65.9 Å². The Bertz CT molecular complexity index is 1340. The molecule has 2 heterocycles. The van der Waals surface area contributed by atoms with E-state index in [1.165, 1.54) is 18.6 Å². The van der Waals surface area contributed by atoms with Crippen molar-refractivity contribution in [2.75, 3.05) is 50.6 Å². The van der Waals surface area contributed by atoms with Gasteiger partial charge in [0.2, 0.25) is 5.91 Å². The number of hydrogen-bond acceptors (Lipinski definition) is 8. The van der Waals surface area contributed by atoms with Crippen molar-refractivity contribution in [1.82, 2.24) is 19.5 Å². The number of halogens is 1. The normalized spacial score (nSPS) is 18.3. The van der Waals surface area contributed by atoms with Gasteiger partial charge >= 0.3 is 5.69 Å². The smallest absolute Gasteiger partial charge is 0.350 e. The van der Waals surface area contributed by atoms with Crippen LogP contribution in [0.3, 0.4) is 0 Å². The maximum Gasteiger partial charge on any atom is 0.350 e. The summed E-state index contributed by atoms with van der Waals surface area (Å²) in [5.74, 6) is 5.20. The van der Waals surface area contributed by atoms with Gasteiger partial charge in [-0.3, -0.25) is 19.1 Å². The van der Waals surface area contributed by atoms with Gasteiger partial charge in [-0.25, -0.2) is 9.18 Å². The number of rotatable bonds is 10. The van der Waals surface area contributed by atoms with E-state index in [0.29, 0.717) is 43.8 Å². The second kappa shape index (κ2) is 10.8. The highest BCUT2D eigenvalue weighted by Crippen LogP contribution is 2.43.